The molecule has 0 aliphatic carbocycles. The first-order valence-electron chi connectivity index (χ1n) is 24.5. The van der Waals surface area contributed by atoms with E-state index in [4.69, 9.17) is 6.15 Å². The molecular formula is C48H96O4Sn. The van der Waals surface area contributed by atoms with Crippen LogP contribution in [-0.2, 0) is 15.7 Å². The first-order valence-corrected chi connectivity index (χ1v) is 30.8. The molecular weight excluding hydrogens is 759 g/mol. The van der Waals surface area contributed by atoms with E-state index in [0.29, 0.717) is 12.8 Å². The number of carbonyl (C=O) groups excluding carboxylic acids is 2. The van der Waals surface area contributed by atoms with Gasteiger partial charge in [0, 0.05) is 0 Å². The standard InChI is InChI=1S/2C18H36O2.2C6H13.Sn/c2*1-2-3-4-5-6-7-8-9-10-11-12-13-14-15-16-17-18(19)20;2*1-3-5-6-4-2;/h2*2-17H2,1H3,(H,19,20);2*1,3-6H2,2H3;/q;;;;+2/p-2. The molecule has 4 nitrogen and oxygen atoms in total. The molecule has 0 radical (unpaired) electrons. The molecule has 0 N–H and O–H groups in total. The summed E-state index contributed by atoms with van der Waals surface area (Å²) in [5.41, 5.74) is 0. The zero-order chi connectivity index (χ0) is 38.8. The van der Waals surface area contributed by atoms with Crippen molar-refractivity contribution in [2.75, 3.05) is 0 Å². The molecule has 0 fully saturated rings. The summed E-state index contributed by atoms with van der Waals surface area (Å²) in [7, 11) is 0. The molecule has 0 aromatic heterocycles. The Labute approximate surface area is 338 Å². The number of hydrogen-bond acceptors (Lipinski definition) is 4. The van der Waals surface area contributed by atoms with Crippen LogP contribution in [0.5, 0.6) is 0 Å². The molecule has 0 bridgehead atoms. The van der Waals surface area contributed by atoms with Crippen LogP contribution in [0.1, 0.15) is 285 Å². The number of carbonyl (C=O) groups is 2. The van der Waals surface area contributed by atoms with Crippen molar-refractivity contribution in [1.82, 2.24) is 0 Å². The second-order valence-electron chi connectivity index (χ2n) is 16.9. The summed E-state index contributed by atoms with van der Waals surface area (Å²) in [6.07, 6.45) is 49.6. The van der Waals surface area contributed by atoms with Gasteiger partial charge in [-0.3, -0.25) is 0 Å². The monoisotopic (exact) mass is 857 g/mol. The molecule has 0 saturated heterocycles. The van der Waals surface area contributed by atoms with E-state index in [0.717, 1.165) is 60.2 Å². The third-order valence-electron chi connectivity index (χ3n) is 11.4. The third kappa shape index (κ3) is 38.4. The van der Waals surface area contributed by atoms with Gasteiger partial charge in [0.1, 0.15) is 0 Å². The molecule has 5 heteroatoms. The fraction of sp³-hybridized carbons (Fsp3) is 0.958. The van der Waals surface area contributed by atoms with Crippen LogP contribution in [-0.4, -0.2) is 31.1 Å². The predicted molar refractivity (Wildman–Crippen MR) is 235 cm³/mol. The molecule has 0 aromatic rings. The van der Waals surface area contributed by atoms with Crippen molar-refractivity contribution in [2.24, 2.45) is 0 Å². The first kappa shape index (κ1) is 52.7. The van der Waals surface area contributed by atoms with Crippen molar-refractivity contribution in [3.8, 4) is 0 Å². The average Bonchev–Trinajstić information content (AvgIpc) is 3.15. The van der Waals surface area contributed by atoms with Gasteiger partial charge in [-0.15, -0.1) is 0 Å². The van der Waals surface area contributed by atoms with Gasteiger partial charge < -0.3 is 0 Å². The molecule has 0 saturated carbocycles. The summed E-state index contributed by atoms with van der Waals surface area (Å²) in [6.45, 7) is 9.04. The fourth-order valence-electron chi connectivity index (χ4n) is 7.79. The van der Waals surface area contributed by atoms with Crippen LogP contribution in [0.2, 0.25) is 8.87 Å². The Kier molecular flexibility index (Phi) is 42.7. The minimum atomic E-state index is -3.89. The minimum Gasteiger partial charge on any atom is -0.0654 e. The normalized spacial score (nSPS) is 11.7. The van der Waals surface area contributed by atoms with E-state index in [9.17, 15) is 9.59 Å². The molecule has 0 atom stereocenters. The number of rotatable bonds is 44. The van der Waals surface area contributed by atoms with Crippen molar-refractivity contribution in [3.05, 3.63) is 0 Å². The van der Waals surface area contributed by atoms with Gasteiger partial charge in [-0.05, 0) is 0 Å². The Morgan fingerprint density at radius 1 is 0.283 bits per heavy atom. The molecule has 0 amide bonds. The van der Waals surface area contributed by atoms with Gasteiger partial charge in [0.15, 0.2) is 0 Å². The van der Waals surface area contributed by atoms with Gasteiger partial charge in [0.05, 0.1) is 0 Å². The molecule has 0 rings (SSSR count). The van der Waals surface area contributed by atoms with E-state index in [-0.39, 0.29) is 11.9 Å². The second kappa shape index (κ2) is 42.9. The zero-order valence-corrected chi connectivity index (χ0v) is 39.7. The van der Waals surface area contributed by atoms with Gasteiger partial charge in [-0.1, -0.05) is 90.9 Å². The van der Waals surface area contributed by atoms with Gasteiger partial charge >= 0.3 is 249 Å². The Balaban J connectivity index is 4.50. The Hall–Kier alpha value is -0.261. The van der Waals surface area contributed by atoms with Crippen molar-refractivity contribution >= 4 is 31.1 Å². The van der Waals surface area contributed by atoms with Crippen LogP contribution in [0, 0.1) is 0 Å². The molecule has 0 aliphatic heterocycles. The van der Waals surface area contributed by atoms with Crippen LogP contribution in [0.15, 0.2) is 0 Å². The first-order chi connectivity index (χ1) is 26.0. The summed E-state index contributed by atoms with van der Waals surface area (Å²) in [4.78, 5) is 26.6. The Bertz CT molecular complexity index is 694. The summed E-state index contributed by atoms with van der Waals surface area (Å²) in [6, 6.07) is 0. The summed E-state index contributed by atoms with van der Waals surface area (Å²) in [5, 5.41) is 0. The van der Waals surface area contributed by atoms with Crippen molar-refractivity contribution in [1.29, 1.82) is 0 Å². The van der Waals surface area contributed by atoms with E-state index in [2.05, 4.69) is 27.7 Å². The molecule has 0 heterocycles. The maximum atomic E-state index is 13.3. The molecule has 316 valence electrons. The van der Waals surface area contributed by atoms with Gasteiger partial charge in [0.2, 0.25) is 0 Å². The molecule has 0 unspecified atom stereocenters. The molecule has 53 heavy (non-hydrogen) atoms. The third-order valence-corrected chi connectivity index (χ3v) is 21.2. The molecule has 0 spiro atoms. The quantitative estimate of drug-likeness (QED) is 0.0452. The van der Waals surface area contributed by atoms with Gasteiger partial charge in [-0.25, -0.2) is 0 Å². The number of hydrogen-bond donors (Lipinski definition) is 0. The second-order valence-corrected chi connectivity index (χ2v) is 26.1. The van der Waals surface area contributed by atoms with Crippen LogP contribution >= 0.6 is 0 Å². The van der Waals surface area contributed by atoms with E-state index >= 15 is 0 Å². The van der Waals surface area contributed by atoms with Gasteiger partial charge in [-0.2, -0.15) is 0 Å². The predicted octanol–water partition coefficient (Wildman–Crippen LogP) is 17.2. The topological polar surface area (TPSA) is 52.6 Å². The van der Waals surface area contributed by atoms with E-state index in [1.165, 1.54) is 193 Å². The average molecular weight is 856 g/mol. The van der Waals surface area contributed by atoms with E-state index in [1.54, 1.807) is 0 Å². The SMILES string of the molecule is CCCCCCCCCCCCCCCCCC(=O)[O][Sn]([CH2]CCCCC)([CH2]CCCCC)[O]C(=O)CCCCCCCCCCCCCCCCC. The van der Waals surface area contributed by atoms with Crippen LogP contribution in [0.25, 0.3) is 0 Å². The summed E-state index contributed by atoms with van der Waals surface area (Å²) in [5.74, 6) is -0.164. The molecule has 0 aromatic carbocycles. The van der Waals surface area contributed by atoms with Crippen molar-refractivity contribution < 1.29 is 15.7 Å². The maximum absolute atomic E-state index is 13.3. The zero-order valence-electron chi connectivity index (χ0n) is 36.8. The van der Waals surface area contributed by atoms with Crippen molar-refractivity contribution in [2.45, 2.75) is 293 Å². The minimum absolute atomic E-state index is 0.0822. The van der Waals surface area contributed by atoms with Crippen LogP contribution < -0.4 is 0 Å². The van der Waals surface area contributed by atoms with Crippen molar-refractivity contribution in [3.63, 3.8) is 0 Å². The Morgan fingerprint density at radius 2 is 0.472 bits per heavy atom. The van der Waals surface area contributed by atoms with Crippen LogP contribution in [0.4, 0.5) is 0 Å². The van der Waals surface area contributed by atoms with Crippen LogP contribution in [0.3, 0.4) is 0 Å². The fourth-order valence-corrected chi connectivity index (χ4v) is 17.2. The summed E-state index contributed by atoms with van der Waals surface area (Å²) >= 11 is -3.89. The van der Waals surface area contributed by atoms with Gasteiger partial charge in [0.25, 0.3) is 0 Å². The van der Waals surface area contributed by atoms with E-state index in [1.807, 2.05) is 0 Å². The smallest absolute Gasteiger partial charge is 0.0654 e. The Morgan fingerprint density at radius 3 is 0.698 bits per heavy atom. The van der Waals surface area contributed by atoms with E-state index < -0.39 is 19.2 Å². The molecule has 0 aliphatic rings. The summed E-state index contributed by atoms with van der Waals surface area (Å²) < 4.78 is 14.6. The number of unbranched alkanes of at least 4 members (excludes halogenated alkanes) is 34.